The van der Waals surface area contributed by atoms with Gasteiger partial charge in [0.05, 0.1) is 24.4 Å². The van der Waals surface area contributed by atoms with Gasteiger partial charge >= 0.3 is 6.18 Å². The van der Waals surface area contributed by atoms with Crippen molar-refractivity contribution in [3.63, 3.8) is 0 Å². The molecule has 1 aliphatic heterocycles. The molecule has 4 heterocycles. The van der Waals surface area contributed by atoms with Crippen LogP contribution in [-0.4, -0.2) is 55.6 Å². The maximum atomic E-state index is 12.4. The predicted octanol–water partition coefficient (Wildman–Crippen LogP) is 4.87. The number of aromatic nitrogens is 4. The number of pyridine rings is 1. The monoisotopic (exact) mass is 509 g/mol. The van der Waals surface area contributed by atoms with Crippen molar-refractivity contribution in [3.8, 4) is 22.6 Å². The zero-order chi connectivity index (χ0) is 26.0. The highest BCUT2D eigenvalue weighted by atomic mass is 19.4. The molecule has 1 aliphatic rings. The summed E-state index contributed by atoms with van der Waals surface area (Å²) >= 11 is 0. The number of fused-ring (bicyclic) bond motifs is 1. The number of anilines is 1. The Labute approximate surface area is 211 Å². The minimum absolute atomic E-state index is 0.0472. The van der Waals surface area contributed by atoms with Crippen LogP contribution in [0.5, 0.6) is 0 Å². The zero-order valence-electron chi connectivity index (χ0n) is 20.0. The van der Waals surface area contributed by atoms with E-state index in [9.17, 15) is 23.1 Å². The summed E-state index contributed by atoms with van der Waals surface area (Å²) in [6, 6.07) is 12.9. The molecule has 0 radical (unpaired) electrons. The number of aliphatic hydroxyl groups is 1. The maximum absolute atomic E-state index is 12.4. The molecule has 7 nitrogen and oxygen atoms in total. The van der Waals surface area contributed by atoms with Crippen LogP contribution in [0.4, 0.5) is 19.0 Å². The Balaban J connectivity index is 1.35. The number of halogens is 3. The Kier molecular flexibility index (Phi) is 6.92. The molecule has 0 aliphatic carbocycles. The van der Waals surface area contributed by atoms with Crippen LogP contribution in [-0.2, 0) is 11.2 Å². The van der Waals surface area contributed by atoms with E-state index < -0.39 is 24.8 Å². The molecule has 1 fully saturated rings. The number of carbonyl (C=O) groups is 1. The van der Waals surface area contributed by atoms with Crippen molar-refractivity contribution in [1.82, 2.24) is 19.4 Å². The van der Waals surface area contributed by atoms with Gasteiger partial charge in [-0.1, -0.05) is 18.2 Å². The van der Waals surface area contributed by atoms with Gasteiger partial charge in [-0.25, -0.2) is 15.0 Å². The summed E-state index contributed by atoms with van der Waals surface area (Å²) in [5.74, 6) is 0.956. The molecule has 0 bridgehead atoms. The van der Waals surface area contributed by atoms with Gasteiger partial charge in [-0.15, -0.1) is 0 Å². The van der Waals surface area contributed by atoms with Gasteiger partial charge in [0.2, 0.25) is 0 Å². The van der Waals surface area contributed by atoms with Crippen LogP contribution >= 0.6 is 0 Å². The van der Waals surface area contributed by atoms with Gasteiger partial charge in [-0.3, -0.25) is 9.20 Å². The second kappa shape index (κ2) is 10.3. The van der Waals surface area contributed by atoms with E-state index in [-0.39, 0.29) is 12.5 Å². The number of hydrogen-bond acceptors (Lipinski definition) is 6. The van der Waals surface area contributed by atoms with E-state index in [2.05, 4.69) is 14.9 Å². The van der Waals surface area contributed by atoms with Gasteiger partial charge in [0.25, 0.3) is 0 Å². The molecular formula is C27H26F3N5O2. The third-order valence-corrected chi connectivity index (χ3v) is 6.51. The molecule has 0 atom stereocenters. The molecule has 4 aromatic rings. The Morgan fingerprint density at radius 1 is 1.05 bits per heavy atom. The fourth-order valence-corrected chi connectivity index (χ4v) is 4.53. The first-order valence-electron chi connectivity index (χ1n) is 12.2. The van der Waals surface area contributed by atoms with E-state index in [4.69, 9.17) is 4.98 Å². The Morgan fingerprint density at radius 3 is 2.65 bits per heavy atom. The van der Waals surface area contributed by atoms with E-state index in [0.717, 1.165) is 35.7 Å². The Morgan fingerprint density at radius 2 is 1.86 bits per heavy atom. The SMILES string of the molecule is O=C(CCC(F)(F)F)Cc1cccc(-c2cnc3cc(-c4nccc(N5CCC(O)CC5)n4)ccn23)c1. The maximum Gasteiger partial charge on any atom is 0.389 e. The molecular weight excluding hydrogens is 483 g/mol. The smallest absolute Gasteiger partial charge is 0.389 e. The zero-order valence-corrected chi connectivity index (χ0v) is 20.0. The fraction of sp³-hybridized carbons (Fsp3) is 0.333. The molecule has 3 aromatic heterocycles. The Hall–Kier alpha value is -3.79. The van der Waals surface area contributed by atoms with Crippen molar-refractivity contribution in [2.75, 3.05) is 18.0 Å². The highest BCUT2D eigenvalue weighted by Crippen LogP contribution is 2.27. The van der Waals surface area contributed by atoms with Crippen molar-refractivity contribution in [1.29, 1.82) is 0 Å². The van der Waals surface area contributed by atoms with Crippen LogP contribution in [0, 0.1) is 0 Å². The summed E-state index contributed by atoms with van der Waals surface area (Å²) in [5, 5.41) is 9.77. The normalized spacial score (nSPS) is 14.9. The molecule has 0 saturated carbocycles. The summed E-state index contributed by atoms with van der Waals surface area (Å²) < 4.78 is 39.2. The second-order valence-corrected chi connectivity index (χ2v) is 9.27. The number of rotatable bonds is 7. The lowest BCUT2D eigenvalue weighted by atomic mass is 10.0. The lowest BCUT2D eigenvalue weighted by Gasteiger charge is -2.30. The van der Waals surface area contributed by atoms with E-state index in [1.807, 2.05) is 40.9 Å². The molecule has 5 rings (SSSR count). The standard InChI is InChI=1S/C27H26F3N5O2/c28-27(29,30)9-4-22(37)15-18-2-1-3-19(14-18)23-17-32-25-16-20(6-13-35(23)25)26-31-10-5-24(33-26)34-11-7-21(36)8-12-34/h1-3,5-6,10,13-14,16-17,21,36H,4,7-9,11-12,15H2. The largest absolute Gasteiger partial charge is 0.393 e. The summed E-state index contributed by atoms with van der Waals surface area (Å²) in [4.78, 5) is 27.9. The van der Waals surface area contributed by atoms with Gasteiger partial charge in [-0.05, 0) is 42.7 Å². The lowest BCUT2D eigenvalue weighted by Crippen LogP contribution is -2.36. The molecule has 0 amide bonds. The van der Waals surface area contributed by atoms with E-state index in [1.54, 1.807) is 24.5 Å². The van der Waals surface area contributed by atoms with Gasteiger partial charge in [0.1, 0.15) is 17.2 Å². The van der Waals surface area contributed by atoms with Crippen molar-refractivity contribution < 1.29 is 23.1 Å². The van der Waals surface area contributed by atoms with Crippen molar-refractivity contribution >= 4 is 17.2 Å². The van der Waals surface area contributed by atoms with Crippen LogP contribution in [0.25, 0.3) is 28.3 Å². The molecule has 10 heteroatoms. The lowest BCUT2D eigenvalue weighted by molar-refractivity contribution is -0.143. The van der Waals surface area contributed by atoms with Crippen LogP contribution in [0.15, 0.2) is 61.1 Å². The minimum Gasteiger partial charge on any atom is -0.393 e. The molecule has 1 saturated heterocycles. The first-order valence-corrected chi connectivity index (χ1v) is 12.2. The minimum atomic E-state index is -4.34. The van der Waals surface area contributed by atoms with Crippen LogP contribution in [0.1, 0.15) is 31.2 Å². The van der Waals surface area contributed by atoms with Crippen LogP contribution in [0.3, 0.4) is 0 Å². The van der Waals surface area contributed by atoms with Gasteiger partial charge in [-0.2, -0.15) is 13.2 Å². The Bertz CT molecular complexity index is 1410. The number of benzene rings is 1. The van der Waals surface area contributed by atoms with Gasteiger partial charge in [0.15, 0.2) is 5.82 Å². The number of piperidine rings is 1. The number of aliphatic hydroxyl groups excluding tert-OH is 1. The molecule has 1 N–H and O–H groups in total. The fourth-order valence-electron chi connectivity index (χ4n) is 4.53. The number of imidazole rings is 1. The summed E-state index contributed by atoms with van der Waals surface area (Å²) in [7, 11) is 0. The summed E-state index contributed by atoms with van der Waals surface area (Å²) in [6.45, 7) is 1.49. The van der Waals surface area contributed by atoms with Crippen LogP contribution < -0.4 is 4.90 Å². The number of Topliss-reactive ketones (excluding diaryl/α,β-unsaturated/α-hetero) is 1. The van der Waals surface area contributed by atoms with E-state index in [0.29, 0.717) is 29.9 Å². The average molecular weight is 510 g/mol. The quantitative estimate of drug-likeness (QED) is 0.383. The van der Waals surface area contributed by atoms with E-state index >= 15 is 0 Å². The van der Waals surface area contributed by atoms with Crippen molar-refractivity contribution in [3.05, 3.63) is 66.6 Å². The highest BCUT2D eigenvalue weighted by Gasteiger charge is 2.27. The number of hydrogen-bond donors (Lipinski definition) is 1. The topological polar surface area (TPSA) is 83.6 Å². The second-order valence-electron chi connectivity index (χ2n) is 9.27. The molecule has 192 valence electrons. The number of nitrogens with zero attached hydrogens (tertiary/aromatic N) is 5. The molecule has 0 unspecified atom stereocenters. The first kappa shape index (κ1) is 24.9. The molecule has 1 aromatic carbocycles. The third-order valence-electron chi connectivity index (χ3n) is 6.51. The average Bonchev–Trinajstić information content (AvgIpc) is 3.31. The first-order chi connectivity index (χ1) is 17.7. The number of alkyl halides is 3. The summed E-state index contributed by atoms with van der Waals surface area (Å²) in [6.07, 6.45) is 0.489. The third kappa shape index (κ3) is 5.96. The summed E-state index contributed by atoms with van der Waals surface area (Å²) in [5.41, 5.74) is 3.77. The van der Waals surface area contributed by atoms with Crippen LogP contribution in [0.2, 0.25) is 0 Å². The number of carbonyl (C=O) groups excluding carboxylic acids is 1. The molecule has 0 spiro atoms. The number of ketones is 1. The van der Waals surface area contributed by atoms with Gasteiger partial charge < -0.3 is 10.0 Å². The highest BCUT2D eigenvalue weighted by molar-refractivity contribution is 5.81. The van der Waals surface area contributed by atoms with E-state index in [1.165, 1.54) is 0 Å². The predicted molar refractivity (Wildman–Crippen MR) is 133 cm³/mol. The van der Waals surface area contributed by atoms with Crippen molar-refractivity contribution in [2.24, 2.45) is 0 Å². The van der Waals surface area contributed by atoms with Crippen molar-refractivity contribution in [2.45, 2.75) is 44.4 Å². The van der Waals surface area contributed by atoms with Gasteiger partial charge in [0, 0.05) is 49.5 Å². The molecule has 37 heavy (non-hydrogen) atoms.